The number of ether oxygens (including phenoxy) is 1. The van der Waals surface area contributed by atoms with Crippen LogP contribution in [0.1, 0.15) is 33.2 Å². The van der Waals surface area contributed by atoms with Crippen LogP contribution >= 0.6 is 0 Å². The Balaban J connectivity index is 1.96. The van der Waals surface area contributed by atoms with E-state index in [0.717, 1.165) is 0 Å². The summed E-state index contributed by atoms with van der Waals surface area (Å²) in [5.41, 5.74) is 0.619. The van der Waals surface area contributed by atoms with Crippen LogP contribution in [0.25, 0.3) is 6.08 Å². The fourth-order valence-electron chi connectivity index (χ4n) is 3.01. The molecule has 0 spiro atoms. The number of carbonyl (C=O) groups excluding carboxylic acids is 3. The first-order valence-electron chi connectivity index (χ1n) is 10.3. The minimum atomic E-state index is -0.729. The number of hydrogen-bond acceptors (Lipinski definition) is 6. The van der Waals surface area contributed by atoms with Crippen LogP contribution < -0.4 is 10.6 Å². The van der Waals surface area contributed by atoms with Gasteiger partial charge in [-0.15, -0.1) is 0 Å². The molecule has 0 heterocycles. The lowest BCUT2D eigenvalue weighted by Crippen LogP contribution is -2.31. The highest BCUT2D eigenvalue weighted by Crippen LogP contribution is 2.19. The summed E-state index contributed by atoms with van der Waals surface area (Å²) in [5.74, 6) is -1.89. The molecule has 0 atom stereocenters. The summed E-state index contributed by atoms with van der Waals surface area (Å²) in [4.78, 5) is 48.7. The molecule has 3 rings (SSSR count). The Morgan fingerprint density at radius 2 is 1.68 bits per heavy atom. The van der Waals surface area contributed by atoms with Crippen molar-refractivity contribution in [2.45, 2.75) is 6.92 Å². The number of non-ortho nitro benzene ring substituents is 1. The standard InChI is InChI=1S/C25H21N3O6/c1-2-34-25(31)20-13-6-7-14-21(20)26-24(30)22(27-23(29)18-10-4-3-5-11-18)16-17-9-8-12-19(15-17)28(32)33/h3-16H,2H2,1H3,(H,26,30)(H,27,29). The second-order valence-corrected chi connectivity index (χ2v) is 6.95. The van der Waals surface area contributed by atoms with Gasteiger partial charge in [0.05, 0.1) is 22.8 Å². The molecular formula is C25H21N3O6. The largest absolute Gasteiger partial charge is 0.462 e. The summed E-state index contributed by atoms with van der Waals surface area (Å²) in [6.45, 7) is 1.82. The molecule has 9 heteroatoms. The number of rotatable bonds is 8. The molecule has 0 saturated heterocycles. The molecule has 0 radical (unpaired) electrons. The Hall–Kier alpha value is -4.79. The lowest BCUT2D eigenvalue weighted by Gasteiger charge is -2.13. The van der Waals surface area contributed by atoms with Gasteiger partial charge in [0.2, 0.25) is 0 Å². The summed E-state index contributed by atoms with van der Waals surface area (Å²) < 4.78 is 5.03. The van der Waals surface area contributed by atoms with Gasteiger partial charge in [-0.3, -0.25) is 19.7 Å². The highest BCUT2D eigenvalue weighted by molar-refractivity contribution is 6.12. The molecule has 0 unspecified atom stereocenters. The van der Waals surface area contributed by atoms with Gasteiger partial charge in [0.25, 0.3) is 17.5 Å². The van der Waals surface area contributed by atoms with E-state index in [4.69, 9.17) is 4.74 Å². The van der Waals surface area contributed by atoms with E-state index in [1.54, 1.807) is 55.5 Å². The zero-order valence-electron chi connectivity index (χ0n) is 18.2. The van der Waals surface area contributed by atoms with E-state index in [-0.39, 0.29) is 29.2 Å². The molecule has 0 aliphatic rings. The molecule has 0 bridgehead atoms. The van der Waals surface area contributed by atoms with E-state index in [0.29, 0.717) is 11.1 Å². The lowest BCUT2D eigenvalue weighted by atomic mass is 10.1. The molecule has 3 aromatic carbocycles. The monoisotopic (exact) mass is 459 g/mol. The number of nitro groups is 1. The number of para-hydroxylation sites is 1. The number of anilines is 1. The molecule has 2 N–H and O–H groups in total. The number of nitrogens with zero attached hydrogens (tertiary/aromatic N) is 1. The van der Waals surface area contributed by atoms with Gasteiger partial charge in [-0.2, -0.15) is 0 Å². The van der Waals surface area contributed by atoms with E-state index in [1.807, 2.05) is 0 Å². The van der Waals surface area contributed by atoms with Crippen LogP contribution in [0.2, 0.25) is 0 Å². The van der Waals surface area contributed by atoms with Crippen LogP contribution in [0.5, 0.6) is 0 Å². The number of hydrogen-bond donors (Lipinski definition) is 2. The second kappa shape index (κ2) is 11.2. The lowest BCUT2D eigenvalue weighted by molar-refractivity contribution is -0.384. The van der Waals surface area contributed by atoms with Crippen LogP contribution in [-0.4, -0.2) is 29.3 Å². The van der Waals surface area contributed by atoms with Gasteiger partial charge in [-0.1, -0.05) is 42.5 Å². The number of nitrogens with one attached hydrogen (secondary N) is 2. The molecule has 172 valence electrons. The highest BCUT2D eigenvalue weighted by atomic mass is 16.6. The van der Waals surface area contributed by atoms with Crippen molar-refractivity contribution in [3.63, 3.8) is 0 Å². The zero-order valence-corrected chi connectivity index (χ0v) is 18.2. The first kappa shape index (κ1) is 23.9. The number of amides is 2. The van der Waals surface area contributed by atoms with E-state index in [1.165, 1.54) is 36.4 Å². The van der Waals surface area contributed by atoms with Gasteiger partial charge in [0.15, 0.2) is 0 Å². The van der Waals surface area contributed by atoms with Crippen molar-refractivity contribution in [3.8, 4) is 0 Å². The quantitative estimate of drug-likeness (QED) is 0.225. The van der Waals surface area contributed by atoms with E-state index in [2.05, 4.69) is 10.6 Å². The Morgan fingerprint density at radius 3 is 2.38 bits per heavy atom. The third kappa shape index (κ3) is 6.13. The maximum absolute atomic E-state index is 13.2. The van der Waals surface area contributed by atoms with E-state index in [9.17, 15) is 24.5 Å². The first-order chi connectivity index (χ1) is 16.4. The molecule has 0 saturated carbocycles. The third-order valence-corrected chi connectivity index (χ3v) is 4.59. The summed E-state index contributed by atoms with van der Waals surface area (Å²) >= 11 is 0. The van der Waals surface area contributed by atoms with Gasteiger partial charge in [-0.05, 0) is 42.8 Å². The Morgan fingerprint density at radius 1 is 0.971 bits per heavy atom. The summed E-state index contributed by atoms with van der Waals surface area (Å²) in [6.07, 6.45) is 1.32. The number of esters is 1. The van der Waals surface area contributed by atoms with Crippen molar-refractivity contribution in [1.29, 1.82) is 0 Å². The summed E-state index contributed by atoms with van der Waals surface area (Å²) in [7, 11) is 0. The normalized spacial score (nSPS) is 10.8. The van der Waals surface area contributed by atoms with Gasteiger partial charge in [0, 0.05) is 17.7 Å². The Bertz CT molecular complexity index is 1250. The topological polar surface area (TPSA) is 128 Å². The number of benzene rings is 3. The fraction of sp³-hybridized carbons (Fsp3) is 0.0800. The van der Waals surface area contributed by atoms with Crippen LogP contribution in [0.15, 0.2) is 84.6 Å². The predicted octanol–water partition coefficient (Wildman–Crippen LogP) is 4.18. The Kier molecular flexibility index (Phi) is 7.85. The van der Waals surface area contributed by atoms with Gasteiger partial charge in [-0.25, -0.2) is 4.79 Å². The van der Waals surface area contributed by atoms with Crippen molar-refractivity contribution in [2.24, 2.45) is 0 Å². The van der Waals surface area contributed by atoms with Crippen molar-refractivity contribution in [1.82, 2.24) is 5.32 Å². The predicted molar refractivity (Wildman–Crippen MR) is 126 cm³/mol. The van der Waals surface area contributed by atoms with Crippen LogP contribution in [0.4, 0.5) is 11.4 Å². The second-order valence-electron chi connectivity index (χ2n) is 6.95. The number of carbonyl (C=O) groups is 3. The minimum absolute atomic E-state index is 0.141. The van der Waals surface area contributed by atoms with Crippen molar-refractivity contribution in [3.05, 3.63) is 111 Å². The van der Waals surface area contributed by atoms with Gasteiger partial charge < -0.3 is 15.4 Å². The molecule has 34 heavy (non-hydrogen) atoms. The Labute approximate surface area is 195 Å². The SMILES string of the molecule is CCOC(=O)c1ccccc1NC(=O)C(=Cc1cccc([N+](=O)[O-])c1)NC(=O)c1ccccc1. The molecule has 0 aliphatic heterocycles. The van der Waals surface area contributed by atoms with E-state index >= 15 is 0 Å². The molecule has 2 amide bonds. The van der Waals surface area contributed by atoms with Crippen LogP contribution in [0, 0.1) is 10.1 Å². The molecule has 0 aromatic heterocycles. The third-order valence-electron chi connectivity index (χ3n) is 4.59. The maximum atomic E-state index is 13.2. The average Bonchev–Trinajstić information content (AvgIpc) is 2.84. The molecule has 9 nitrogen and oxygen atoms in total. The van der Waals surface area contributed by atoms with Gasteiger partial charge in [0.1, 0.15) is 5.70 Å². The van der Waals surface area contributed by atoms with Gasteiger partial charge >= 0.3 is 5.97 Å². The first-order valence-corrected chi connectivity index (χ1v) is 10.3. The zero-order chi connectivity index (χ0) is 24.5. The smallest absolute Gasteiger partial charge is 0.340 e. The van der Waals surface area contributed by atoms with Crippen molar-refractivity contribution >= 4 is 35.2 Å². The van der Waals surface area contributed by atoms with Crippen LogP contribution in [0.3, 0.4) is 0 Å². The molecule has 0 fully saturated rings. The van der Waals surface area contributed by atoms with E-state index < -0.39 is 22.7 Å². The fourth-order valence-corrected chi connectivity index (χ4v) is 3.01. The van der Waals surface area contributed by atoms with Crippen LogP contribution in [-0.2, 0) is 9.53 Å². The average molecular weight is 459 g/mol. The molecular weight excluding hydrogens is 438 g/mol. The number of nitro benzene ring substituents is 1. The minimum Gasteiger partial charge on any atom is -0.462 e. The summed E-state index contributed by atoms with van der Waals surface area (Å²) in [6, 6.07) is 20.1. The molecule has 0 aliphatic carbocycles. The molecule has 3 aromatic rings. The maximum Gasteiger partial charge on any atom is 0.340 e. The summed E-state index contributed by atoms with van der Waals surface area (Å²) in [5, 5.41) is 16.3. The van der Waals surface area contributed by atoms with Crippen molar-refractivity contribution < 1.29 is 24.0 Å². The van der Waals surface area contributed by atoms with Crippen molar-refractivity contribution in [2.75, 3.05) is 11.9 Å². The highest BCUT2D eigenvalue weighted by Gasteiger charge is 2.19.